The summed E-state index contributed by atoms with van der Waals surface area (Å²) in [5.41, 5.74) is 33.4. The number of benzene rings is 19. The lowest BCUT2D eigenvalue weighted by Gasteiger charge is -2.27. The van der Waals surface area contributed by atoms with Crippen LogP contribution in [-0.4, -0.2) is 0 Å². The van der Waals surface area contributed by atoms with Crippen LogP contribution in [0.5, 0.6) is 0 Å². The van der Waals surface area contributed by atoms with Crippen molar-refractivity contribution in [2.75, 3.05) is 14.7 Å². The van der Waals surface area contributed by atoms with Crippen LogP contribution in [-0.2, 0) is 0 Å². The minimum absolute atomic E-state index is 0.869. The van der Waals surface area contributed by atoms with Crippen molar-refractivity contribution >= 4 is 161 Å². The molecule has 0 N–H and O–H groups in total. The van der Waals surface area contributed by atoms with Crippen LogP contribution in [0.2, 0.25) is 0 Å². The largest absolute Gasteiger partial charge is 0.456 e. The van der Waals surface area contributed by atoms with Crippen molar-refractivity contribution in [3.05, 3.63) is 431 Å². The highest BCUT2D eigenvalue weighted by molar-refractivity contribution is 6.13. The molecule has 19 aromatic carbocycles. The summed E-state index contributed by atoms with van der Waals surface area (Å²) in [5, 5.41) is 11.1. The maximum atomic E-state index is 6.54. The van der Waals surface area contributed by atoms with Crippen LogP contribution in [0.3, 0.4) is 0 Å². The van der Waals surface area contributed by atoms with E-state index < -0.39 is 0 Å². The second-order valence-corrected chi connectivity index (χ2v) is 31.4. The number of para-hydroxylation sites is 7. The molecule has 0 aliphatic carbocycles. The van der Waals surface area contributed by atoms with Crippen molar-refractivity contribution < 1.29 is 22.1 Å². The van der Waals surface area contributed by atoms with Gasteiger partial charge in [-0.15, -0.1) is 0 Å². The molecule has 5 aromatic heterocycles. The summed E-state index contributed by atoms with van der Waals surface area (Å²) < 4.78 is 31.9. The van der Waals surface area contributed by atoms with Crippen molar-refractivity contribution in [2.24, 2.45) is 0 Å². The van der Waals surface area contributed by atoms with Crippen molar-refractivity contribution in [3.63, 3.8) is 0 Å². The van der Waals surface area contributed by atoms with Gasteiger partial charge in [0, 0.05) is 116 Å². The molecular formula is C114H71N3O5. The Morgan fingerprint density at radius 1 is 0.123 bits per heavy atom. The zero-order chi connectivity index (χ0) is 80.3. The Hall–Kier alpha value is -16.4. The van der Waals surface area contributed by atoms with Crippen molar-refractivity contribution in [3.8, 4) is 77.9 Å². The summed E-state index contributed by atoms with van der Waals surface area (Å²) in [4.78, 5) is 7.02. The average molecular weight is 1560 g/mol. The highest BCUT2D eigenvalue weighted by Gasteiger charge is 2.23. The minimum Gasteiger partial charge on any atom is -0.456 e. The molecule has 0 atom stereocenters. The Morgan fingerprint density at radius 2 is 0.328 bits per heavy atom. The first-order valence-corrected chi connectivity index (χ1v) is 41.3. The lowest BCUT2D eigenvalue weighted by molar-refractivity contribution is 0.668. The maximum Gasteiger partial charge on any atom is 0.143 e. The van der Waals surface area contributed by atoms with E-state index in [1.54, 1.807) is 0 Å². The minimum atomic E-state index is 0.869. The standard InChI is InChI=1S/C114H71N3O5/c1-6-22-105-95(13-1)100-66-45-83(71-112(100)120-105)78-39-60-90(61-40-78)115(84-48-27-72(28-49-84)74-31-52-86(53-32-74)116(88-56-35-76(36-57-88)81-46-67-110-103(69-81)98-16-4-7-23-106(98)118-110)91-62-41-79(42-63-91)93-18-11-20-101-96-14-2-9-25-108(96)121-113(93)101)85-50-29-73(30-51-85)75-33-54-87(55-34-75)117(89-58-37-77(38-59-89)82-47-68-111-104(70-82)99-17-5-8-24-107(99)119-111)92-64-43-80(44-65-92)94-19-12-21-102-97-15-3-10-26-109(97)122-114(94)102/h1-71H. The Morgan fingerprint density at radius 3 is 0.639 bits per heavy atom. The second-order valence-electron chi connectivity index (χ2n) is 31.4. The molecule has 0 fully saturated rings. The zero-order valence-electron chi connectivity index (χ0n) is 65.9. The molecule has 0 bridgehead atoms. The first kappa shape index (κ1) is 69.8. The molecule has 8 heteroatoms. The van der Waals surface area contributed by atoms with Crippen LogP contribution < -0.4 is 14.7 Å². The quantitative estimate of drug-likeness (QED) is 0.0947. The van der Waals surface area contributed by atoms with E-state index in [1.807, 2.05) is 60.7 Å². The number of furan rings is 5. The number of hydrogen-bond acceptors (Lipinski definition) is 8. The predicted molar refractivity (Wildman–Crippen MR) is 505 cm³/mol. The number of fused-ring (bicyclic) bond motifs is 15. The summed E-state index contributed by atoms with van der Waals surface area (Å²) in [6.07, 6.45) is 0. The van der Waals surface area contributed by atoms with Gasteiger partial charge in [-0.25, -0.2) is 0 Å². The summed E-state index contributed by atoms with van der Waals surface area (Å²) in [6, 6.07) is 154. The molecule has 5 heterocycles. The third kappa shape index (κ3) is 12.1. The summed E-state index contributed by atoms with van der Waals surface area (Å²) in [5.74, 6) is 0. The Bertz CT molecular complexity index is 7740. The van der Waals surface area contributed by atoms with Gasteiger partial charge in [0.05, 0.1) is 0 Å². The fraction of sp³-hybridized carbons (Fsp3) is 0. The highest BCUT2D eigenvalue weighted by Crippen LogP contribution is 2.47. The SMILES string of the molecule is c1ccc2c(c1)oc1cc(-c3ccc(N(c4ccc(-c5ccc(N(c6ccc(-c7ccc8oc9ccccc9c8c7)cc6)c6ccc(-c7cccc8c7oc7ccccc78)cc6)cc5)cc4)c4ccc(-c5ccc(N(c6ccc(-c7ccc8oc9ccccc9c8c7)cc6)c6ccc(-c7cccc8c7oc7ccccc78)cc6)cc5)cc4)cc3)ccc12. The molecular weight excluding hydrogens is 1490 g/mol. The number of hydrogen-bond donors (Lipinski definition) is 0. The zero-order valence-corrected chi connectivity index (χ0v) is 65.9. The molecule has 0 spiro atoms. The van der Waals surface area contributed by atoms with Gasteiger partial charge in [-0.05, 0) is 243 Å². The molecule has 0 amide bonds. The van der Waals surface area contributed by atoms with E-state index in [4.69, 9.17) is 22.1 Å². The van der Waals surface area contributed by atoms with Gasteiger partial charge >= 0.3 is 0 Å². The van der Waals surface area contributed by atoms with Gasteiger partial charge < -0.3 is 36.8 Å². The van der Waals surface area contributed by atoms with E-state index in [2.05, 4.69) is 385 Å². The van der Waals surface area contributed by atoms with Crippen molar-refractivity contribution in [1.82, 2.24) is 0 Å². The number of nitrogens with zero attached hydrogens (tertiary/aromatic N) is 3. The summed E-state index contributed by atoms with van der Waals surface area (Å²) in [6.45, 7) is 0. The summed E-state index contributed by atoms with van der Waals surface area (Å²) in [7, 11) is 0. The lowest BCUT2D eigenvalue weighted by Crippen LogP contribution is -2.10. The van der Waals surface area contributed by atoms with Gasteiger partial charge in [0.1, 0.15) is 55.8 Å². The van der Waals surface area contributed by atoms with Crippen LogP contribution in [0.15, 0.2) is 453 Å². The number of rotatable bonds is 16. The van der Waals surface area contributed by atoms with Gasteiger partial charge in [-0.3, -0.25) is 0 Å². The fourth-order valence-corrected chi connectivity index (χ4v) is 18.2. The highest BCUT2D eigenvalue weighted by atomic mass is 16.3. The van der Waals surface area contributed by atoms with Gasteiger partial charge in [-0.1, -0.05) is 255 Å². The van der Waals surface area contributed by atoms with Crippen molar-refractivity contribution in [2.45, 2.75) is 0 Å². The van der Waals surface area contributed by atoms with E-state index in [-0.39, 0.29) is 0 Å². The Labute approximate surface area is 701 Å². The first-order valence-electron chi connectivity index (χ1n) is 41.3. The maximum absolute atomic E-state index is 6.54. The molecule has 0 aliphatic rings. The smallest absolute Gasteiger partial charge is 0.143 e. The van der Waals surface area contributed by atoms with E-state index in [0.717, 1.165) is 239 Å². The van der Waals surface area contributed by atoms with Crippen LogP contribution in [0.4, 0.5) is 51.2 Å². The molecule has 0 unspecified atom stereocenters. The Kier molecular flexibility index (Phi) is 16.5. The molecule has 24 aromatic rings. The van der Waals surface area contributed by atoms with Crippen LogP contribution in [0.25, 0.3) is 188 Å². The summed E-state index contributed by atoms with van der Waals surface area (Å²) >= 11 is 0. The third-order valence-electron chi connectivity index (χ3n) is 24.4. The van der Waals surface area contributed by atoms with E-state index in [1.165, 1.54) is 0 Å². The Balaban J connectivity index is 0.552. The normalized spacial score (nSPS) is 11.8. The van der Waals surface area contributed by atoms with E-state index in [0.29, 0.717) is 0 Å². The predicted octanol–water partition coefficient (Wildman–Crippen LogP) is 33.3. The van der Waals surface area contributed by atoms with E-state index in [9.17, 15) is 0 Å². The molecule has 572 valence electrons. The fourth-order valence-electron chi connectivity index (χ4n) is 18.2. The first-order chi connectivity index (χ1) is 60.4. The van der Waals surface area contributed by atoms with Crippen LogP contribution in [0, 0.1) is 0 Å². The molecule has 24 rings (SSSR count). The molecule has 0 saturated carbocycles. The van der Waals surface area contributed by atoms with Crippen LogP contribution >= 0.6 is 0 Å². The molecule has 0 saturated heterocycles. The molecule has 0 aliphatic heterocycles. The average Bonchev–Trinajstić information content (AvgIpc) is 1.05. The molecule has 8 nitrogen and oxygen atoms in total. The van der Waals surface area contributed by atoms with Crippen molar-refractivity contribution in [1.29, 1.82) is 0 Å². The van der Waals surface area contributed by atoms with E-state index >= 15 is 0 Å². The second kappa shape index (κ2) is 28.7. The number of anilines is 9. The van der Waals surface area contributed by atoms with Gasteiger partial charge in [-0.2, -0.15) is 0 Å². The monoisotopic (exact) mass is 1560 g/mol. The van der Waals surface area contributed by atoms with Gasteiger partial charge in [0.2, 0.25) is 0 Å². The van der Waals surface area contributed by atoms with Crippen LogP contribution in [0.1, 0.15) is 0 Å². The molecule has 122 heavy (non-hydrogen) atoms. The van der Waals surface area contributed by atoms with Gasteiger partial charge in [0.15, 0.2) is 0 Å². The van der Waals surface area contributed by atoms with Gasteiger partial charge in [0.25, 0.3) is 0 Å². The lowest BCUT2D eigenvalue weighted by atomic mass is 10.0. The molecule has 0 radical (unpaired) electrons. The third-order valence-corrected chi connectivity index (χ3v) is 24.4. The topological polar surface area (TPSA) is 75.4 Å².